The number of rotatable bonds is 5. The average molecular weight is 737 g/mol. The van der Waals surface area contributed by atoms with E-state index >= 15 is 0 Å². The Morgan fingerprint density at radius 2 is 0.707 bits per heavy atom. The molecule has 12 aromatic rings. The van der Waals surface area contributed by atoms with Crippen molar-refractivity contribution >= 4 is 65.2 Å². The minimum atomic E-state index is 1.18. The number of benzene rings is 10. The molecule has 2 nitrogen and oxygen atoms in total. The van der Waals surface area contributed by atoms with Crippen LogP contribution in [0.25, 0.3) is 110 Å². The molecule has 0 N–H and O–H groups in total. The second-order valence-corrected chi connectivity index (χ2v) is 15.3. The van der Waals surface area contributed by atoms with Gasteiger partial charge >= 0.3 is 0 Å². The summed E-state index contributed by atoms with van der Waals surface area (Å²) in [4.78, 5) is 0. The Kier molecular flexibility index (Phi) is 7.26. The van der Waals surface area contributed by atoms with Crippen LogP contribution in [0.3, 0.4) is 0 Å². The molecule has 0 aliphatic carbocycles. The lowest BCUT2D eigenvalue weighted by Gasteiger charge is -2.16. The van der Waals surface area contributed by atoms with Crippen molar-refractivity contribution in [2.24, 2.45) is 0 Å². The highest BCUT2D eigenvalue weighted by atomic mass is 15.0. The molecule has 0 saturated carbocycles. The standard InChI is InChI=1S/C56H36N2/c1-2-15-38(16-3-1)45-20-8-11-23-51(45)57-52-24-12-9-21-46(52)49-34-42(28-30-54(49)57)43-29-31-55-50(35-43)47-22-10-13-25-53(47)58(55)56-36-41-19-7-6-18-40(41)33-48(56)44-27-26-37-14-4-5-17-39(37)32-44/h1-36H. The molecule has 10 aromatic carbocycles. The van der Waals surface area contributed by atoms with Gasteiger partial charge in [-0.15, -0.1) is 0 Å². The third-order valence-electron chi connectivity index (χ3n) is 12.1. The van der Waals surface area contributed by atoms with Crippen LogP contribution in [0.5, 0.6) is 0 Å². The summed E-state index contributed by atoms with van der Waals surface area (Å²) in [6, 6.07) is 80.1. The van der Waals surface area contributed by atoms with Crippen LogP contribution in [0, 0.1) is 0 Å². The summed E-state index contributed by atoms with van der Waals surface area (Å²) in [5.41, 5.74) is 14.4. The Labute approximate surface area is 336 Å². The summed E-state index contributed by atoms with van der Waals surface area (Å²) >= 11 is 0. The number of aromatic nitrogens is 2. The highest BCUT2D eigenvalue weighted by Crippen LogP contribution is 2.42. The molecule has 0 amide bonds. The Balaban J connectivity index is 1.05. The summed E-state index contributed by atoms with van der Waals surface area (Å²) in [5, 5.41) is 9.93. The molecule has 0 bridgehead atoms. The molecule has 0 fully saturated rings. The van der Waals surface area contributed by atoms with Crippen molar-refractivity contribution in [3.63, 3.8) is 0 Å². The van der Waals surface area contributed by atoms with Crippen LogP contribution in [-0.2, 0) is 0 Å². The van der Waals surface area contributed by atoms with Crippen LogP contribution in [0.2, 0.25) is 0 Å². The minimum absolute atomic E-state index is 1.18. The van der Waals surface area contributed by atoms with Gasteiger partial charge in [0.15, 0.2) is 0 Å². The quantitative estimate of drug-likeness (QED) is 0.167. The van der Waals surface area contributed by atoms with E-state index in [9.17, 15) is 0 Å². The van der Waals surface area contributed by atoms with Gasteiger partial charge in [-0.2, -0.15) is 0 Å². The van der Waals surface area contributed by atoms with E-state index in [-0.39, 0.29) is 0 Å². The maximum absolute atomic E-state index is 2.48. The summed E-state index contributed by atoms with van der Waals surface area (Å²) in [6.07, 6.45) is 0. The zero-order valence-electron chi connectivity index (χ0n) is 31.7. The monoisotopic (exact) mass is 736 g/mol. The van der Waals surface area contributed by atoms with E-state index in [2.05, 4.69) is 228 Å². The molecule has 270 valence electrons. The maximum Gasteiger partial charge on any atom is 0.0546 e. The van der Waals surface area contributed by atoms with Gasteiger partial charge in [-0.25, -0.2) is 0 Å². The van der Waals surface area contributed by atoms with Crippen molar-refractivity contribution in [2.45, 2.75) is 0 Å². The lowest BCUT2D eigenvalue weighted by Crippen LogP contribution is -1.98. The largest absolute Gasteiger partial charge is 0.309 e. The van der Waals surface area contributed by atoms with Gasteiger partial charge < -0.3 is 9.13 Å². The number of nitrogens with zero attached hydrogens (tertiary/aromatic N) is 2. The van der Waals surface area contributed by atoms with E-state index in [4.69, 9.17) is 0 Å². The van der Waals surface area contributed by atoms with Gasteiger partial charge in [-0.1, -0.05) is 158 Å². The first-order valence-electron chi connectivity index (χ1n) is 20.0. The number of hydrogen-bond donors (Lipinski definition) is 0. The van der Waals surface area contributed by atoms with E-state index in [0.717, 1.165) is 0 Å². The topological polar surface area (TPSA) is 9.86 Å². The van der Waals surface area contributed by atoms with Crippen LogP contribution in [0.1, 0.15) is 0 Å². The van der Waals surface area contributed by atoms with E-state index in [1.165, 1.54) is 110 Å². The van der Waals surface area contributed by atoms with Crippen LogP contribution in [0.15, 0.2) is 218 Å². The highest BCUT2D eigenvalue weighted by molar-refractivity contribution is 6.13. The lowest BCUT2D eigenvalue weighted by atomic mass is 9.96. The molecule has 0 aliphatic heterocycles. The van der Waals surface area contributed by atoms with Gasteiger partial charge in [0.1, 0.15) is 0 Å². The molecule has 0 atom stereocenters. The molecule has 12 rings (SSSR count). The van der Waals surface area contributed by atoms with Crippen molar-refractivity contribution in [1.82, 2.24) is 9.13 Å². The average Bonchev–Trinajstić information content (AvgIpc) is 3.81. The number of para-hydroxylation sites is 3. The number of fused-ring (bicyclic) bond motifs is 8. The predicted molar refractivity (Wildman–Crippen MR) is 246 cm³/mol. The Hall–Kier alpha value is -7.68. The van der Waals surface area contributed by atoms with Gasteiger partial charge in [0.25, 0.3) is 0 Å². The van der Waals surface area contributed by atoms with Crippen molar-refractivity contribution in [2.75, 3.05) is 0 Å². The third-order valence-corrected chi connectivity index (χ3v) is 12.1. The summed E-state index contributed by atoms with van der Waals surface area (Å²) in [5.74, 6) is 0. The van der Waals surface area contributed by atoms with Crippen molar-refractivity contribution in [1.29, 1.82) is 0 Å². The van der Waals surface area contributed by atoms with Crippen LogP contribution in [-0.4, -0.2) is 9.13 Å². The van der Waals surface area contributed by atoms with Crippen molar-refractivity contribution < 1.29 is 0 Å². The summed E-state index contributed by atoms with van der Waals surface area (Å²) in [6.45, 7) is 0. The molecule has 0 unspecified atom stereocenters. The van der Waals surface area contributed by atoms with Gasteiger partial charge in [0.2, 0.25) is 0 Å². The normalized spacial score (nSPS) is 11.8. The molecule has 0 radical (unpaired) electrons. The van der Waals surface area contributed by atoms with Crippen molar-refractivity contribution in [3.05, 3.63) is 218 Å². The zero-order valence-corrected chi connectivity index (χ0v) is 31.7. The Morgan fingerprint density at radius 1 is 0.224 bits per heavy atom. The SMILES string of the molecule is c1ccc(-c2ccccc2-n2c3ccccc3c3cc(-c4ccc5c(c4)c4ccccc4n5-c4cc5ccccc5cc4-c4ccc5ccccc5c4)ccc32)cc1. The fraction of sp³-hybridized carbons (Fsp3) is 0. The van der Waals surface area contributed by atoms with E-state index < -0.39 is 0 Å². The smallest absolute Gasteiger partial charge is 0.0546 e. The van der Waals surface area contributed by atoms with E-state index in [1.54, 1.807) is 0 Å². The predicted octanol–water partition coefficient (Wildman–Crippen LogP) is 15.2. The Morgan fingerprint density at radius 3 is 1.38 bits per heavy atom. The molecule has 0 aliphatic rings. The molecule has 0 spiro atoms. The molecular weight excluding hydrogens is 701 g/mol. The fourth-order valence-corrected chi connectivity index (χ4v) is 9.36. The number of hydrogen-bond acceptors (Lipinski definition) is 0. The second-order valence-electron chi connectivity index (χ2n) is 15.3. The summed E-state index contributed by atoms with van der Waals surface area (Å²) < 4.78 is 4.91. The molecule has 58 heavy (non-hydrogen) atoms. The van der Waals surface area contributed by atoms with Crippen LogP contribution < -0.4 is 0 Å². The van der Waals surface area contributed by atoms with Gasteiger partial charge in [0, 0.05) is 32.7 Å². The first-order chi connectivity index (χ1) is 28.8. The maximum atomic E-state index is 2.48. The van der Waals surface area contributed by atoms with Crippen LogP contribution >= 0.6 is 0 Å². The van der Waals surface area contributed by atoms with Gasteiger partial charge in [-0.05, 0) is 104 Å². The summed E-state index contributed by atoms with van der Waals surface area (Å²) in [7, 11) is 0. The van der Waals surface area contributed by atoms with Crippen LogP contribution in [0.4, 0.5) is 0 Å². The first-order valence-corrected chi connectivity index (χ1v) is 20.0. The second kappa shape index (κ2) is 12.9. The molecule has 2 aromatic heterocycles. The minimum Gasteiger partial charge on any atom is -0.309 e. The zero-order chi connectivity index (χ0) is 38.2. The fourth-order valence-electron chi connectivity index (χ4n) is 9.36. The lowest BCUT2D eigenvalue weighted by molar-refractivity contribution is 1.18. The highest BCUT2D eigenvalue weighted by Gasteiger charge is 2.19. The van der Waals surface area contributed by atoms with Gasteiger partial charge in [-0.3, -0.25) is 0 Å². The van der Waals surface area contributed by atoms with Gasteiger partial charge in [0.05, 0.1) is 33.4 Å². The first kappa shape index (κ1) is 32.6. The van der Waals surface area contributed by atoms with Crippen molar-refractivity contribution in [3.8, 4) is 44.8 Å². The van der Waals surface area contributed by atoms with E-state index in [0.29, 0.717) is 0 Å². The molecule has 0 saturated heterocycles. The Bertz CT molecular complexity index is 3570. The molecule has 2 heteroatoms. The van der Waals surface area contributed by atoms with E-state index in [1.807, 2.05) is 0 Å². The molecular formula is C56H36N2. The molecule has 2 heterocycles. The third kappa shape index (κ3) is 5.05.